The second-order valence-corrected chi connectivity index (χ2v) is 3.80. The van der Waals surface area contributed by atoms with Gasteiger partial charge in [-0.2, -0.15) is 0 Å². The number of nitrogens with zero attached hydrogens (tertiary/aromatic N) is 1. The highest BCUT2D eigenvalue weighted by Gasteiger charge is 2.03. The number of imidazole rings is 1. The van der Waals surface area contributed by atoms with Gasteiger partial charge in [-0.3, -0.25) is 0 Å². The molecule has 14 heavy (non-hydrogen) atoms. The van der Waals surface area contributed by atoms with Gasteiger partial charge in [0.05, 0.1) is 11.9 Å². The monoisotopic (exact) mass is 254 g/mol. The maximum absolute atomic E-state index is 13.0. The molecule has 1 heterocycles. The summed E-state index contributed by atoms with van der Waals surface area (Å²) in [7, 11) is 0. The van der Waals surface area contributed by atoms with Gasteiger partial charge in [-0.05, 0) is 46.6 Å². The molecule has 2 rings (SSSR count). The summed E-state index contributed by atoms with van der Waals surface area (Å²) in [6.45, 7) is 1.74. The van der Waals surface area contributed by atoms with Crippen LogP contribution in [-0.2, 0) is 0 Å². The van der Waals surface area contributed by atoms with Gasteiger partial charge in [-0.15, -0.1) is 0 Å². The zero-order valence-electron chi connectivity index (χ0n) is 7.51. The number of aryl methyl sites for hydroxylation is 1. The third-order valence-electron chi connectivity index (χ3n) is 2.01. The Morgan fingerprint density at radius 3 is 2.79 bits per heavy atom. The molecular formula is C10H8BrFN2. The first-order chi connectivity index (χ1) is 6.66. The molecule has 0 aliphatic heterocycles. The normalized spacial score (nSPS) is 10.5. The van der Waals surface area contributed by atoms with Gasteiger partial charge < -0.3 is 4.98 Å². The van der Waals surface area contributed by atoms with E-state index in [0.29, 0.717) is 10.3 Å². The third kappa shape index (κ3) is 1.70. The van der Waals surface area contributed by atoms with Crippen molar-refractivity contribution in [3.8, 4) is 11.3 Å². The second kappa shape index (κ2) is 3.53. The summed E-state index contributed by atoms with van der Waals surface area (Å²) in [5.74, 6) is -0.188. The van der Waals surface area contributed by atoms with Crippen LogP contribution in [-0.4, -0.2) is 9.97 Å². The molecule has 0 amide bonds. The first-order valence-electron chi connectivity index (χ1n) is 4.14. The van der Waals surface area contributed by atoms with Gasteiger partial charge in [-0.25, -0.2) is 9.37 Å². The van der Waals surface area contributed by atoms with Crippen molar-refractivity contribution in [3.05, 3.63) is 40.5 Å². The van der Waals surface area contributed by atoms with Gasteiger partial charge >= 0.3 is 0 Å². The molecule has 0 bridgehead atoms. The molecule has 0 saturated heterocycles. The number of rotatable bonds is 1. The predicted octanol–water partition coefficient (Wildman–Crippen LogP) is 3.29. The van der Waals surface area contributed by atoms with Crippen molar-refractivity contribution in [2.45, 2.75) is 6.92 Å². The van der Waals surface area contributed by atoms with Crippen molar-refractivity contribution < 1.29 is 4.39 Å². The van der Waals surface area contributed by atoms with E-state index >= 15 is 0 Å². The summed E-state index contributed by atoms with van der Waals surface area (Å²) in [5, 5.41) is 0. The molecule has 0 aliphatic carbocycles. The largest absolute Gasteiger partial charge is 0.333 e. The Labute approximate surface area is 89.3 Å². The zero-order valence-corrected chi connectivity index (χ0v) is 9.10. The van der Waals surface area contributed by atoms with Crippen LogP contribution in [0.1, 0.15) is 5.56 Å². The average molecular weight is 255 g/mol. The predicted molar refractivity (Wildman–Crippen MR) is 56.4 cm³/mol. The van der Waals surface area contributed by atoms with E-state index in [9.17, 15) is 4.39 Å². The highest BCUT2D eigenvalue weighted by atomic mass is 79.9. The molecule has 0 fully saturated rings. The van der Waals surface area contributed by atoms with E-state index in [2.05, 4.69) is 25.9 Å². The lowest BCUT2D eigenvalue weighted by molar-refractivity contribution is 0.619. The molecule has 2 aromatic rings. The molecule has 4 heteroatoms. The number of benzene rings is 1. The molecule has 2 nitrogen and oxygen atoms in total. The Morgan fingerprint density at radius 1 is 1.43 bits per heavy atom. The van der Waals surface area contributed by atoms with E-state index in [1.54, 1.807) is 25.3 Å². The van der Waals surface area contributed by atoms with Gasteiger partial charge in [0.2, 0.25) is 0 Å². The second-order valence-electron chi connectivity index (χ2n) is 3.05. The molecule has 0 radical (unpaired) electrons. The Hall–Kier alpha value is -1.16. The van der Waals surface area contributed by atoms with Crippen LogP contribution in [0, 0.1) is 12.7 Å². The average Bonchev–Trinajstić information content (AvgIpc) is 2.57. The fraction of sp³-hybridized carbons (Fsp3) is 0.100. The lowest BCUT2D eigenvalue weighted by Crippen LogP contribution is -1.84. The van der Waals surface area contributed by atoms with Crippen molar-refractivity contribution in [1.29, 1.82) is 0 Å². The van der Waals surface area contributed by atoms with Gasteiger partial charge in [0.1, 0.15) is 5.82 Å². The van der Waals surface area contributed by atoms with E-state index in [-0.39, 0.29) is 5.82 Å². The van der Waals surface area contributed by atoms with Gasteiger partial charge in [0, 0.05) is 5.56 Å². The summed E-state index contributed by atoms with van der Waals surface area (Å²) in [5.41, 5.74) is 2.44. The van der Waals surface area contributed by atoms with E-state index < -0.39 is 0 Å². The smallest absolute Gasteiger partial charge is 0.174 e. The molecule has 0 atom stereocenters. The molecule has 1 aromatic heterocycles. The fourth-order valence-corrected chi connectivity index (χ4v) is 1.57. The van der Waals surface area contributed by atoms with Crippen LogP contribution >= 0.6 is 15.9 Å². The Bertz CT molecular complexity index is 465. The lowest BCUT2D eigenvalue weighted by Gasteiger charge is -2.00. The molecular weight excluding hydrogens is 247 g/mol. The number of H-pyrrole nitrogens is 1. The molecule has 1 aromatic carbocycles. The number of halogens is 2. The number of aromatic amines is 1. The summed E-state index contributed by atoms with van der Waals surface area (Å²) < 4.78 is 13.7. The van der Waals surface area contributed by atoms with Crippen molar-refractivity contribution in [1.82, 2.24) is 9.97 Å². The summed E-state index contributed by atoms with van der Waals surface area (Å²) in [6, 6.07) is 4.97. The maximum atomic E-state index is 13.0. The van der Waals surface area contributed by atoms with Crippen molar-refractivity contribution in [3.63, 3.8) is 0 Å². The lowest BCUT2D eigenvalue weighted by atomic mass is 10.1. The van der Waals surface area contributed by atoms with E-state index in [1.165, 1.54) is 6.07 Å². The summed E-state index contributed by atoms with van der Waals surface area (Å²) in [4.78, 5) is 7.03. The van der Waals surface area contributed by atoms with Crippen LogP contribution in [0.15, 0.2) is 29.1 Å². The molecule has 72 valence electrons. The van der Waals surface area contributed by atoms with E-state index in [1.807, 2.05) is 0 Å². The van der Waals surface area contributed by atoms with Crippen LogP contribution in [0.3, 0.4) is 0 Å². The zero-order chi connectivity index (χ0) is 10.1. The van der Waals surface area contributed by atoms with Crippen LogP contribution in [0.25, 0.3) is 11.3 Å². The molecule has 0 unspecified atom stereocenters. The van der Waals surface area contributed by atoms with Crippen molar-refractivity contribution >= 4 is 15.9 Å². The number of hydrogen-bond donors (Lipinski definition) is 1. The van der Waals surface area contributed by atoms with E-state index in [0.717, 1.165) is 11.3 Å². The van der Waals surface area contributed by atoms with Crippen molar-refractivity contribution in [2.75, 3.05) is 0 Å². The number of hydrogen-bond acceptors (Lipinski definition) is 1. The number of nitrogens with one attached hydrogen (secondary N) is 1. The SMILES string of the molecule is Cc1cc(-c2cnc(Br)[nH]2)ccc1F. The van der Waals surface area contributed by atoms with E-state index in [4.69, 9.17) is 0 Å². The Balaban J connectivity index is 2.47. The van der Waals surface area contributed by atoms with Crippen LogP contribution < -0.4 is 0 Å². The highest BCUT2D eigenvalue weighted by Crippen LogP contribution is 2.21. The minimum absolute atomic E-state index is 0.188. The number of aromatic nitrogens is 2. The molecule has 1 N–H and O–H groups in total. The minimum Gasteiger partial charge on any atom is -0.333 e. The molecule has 0 spiro atoms. The fourth-order valence-electron chi connectivity index (χ4n) is 1.26. The topological polar surface area (TPSA) is 28.7 Å². The first-order valence-corrected chi connectivity index (χ1v) is 4.93. The minimum atomic E-state index is -0.188. The maximum Gasteiger partial charge on any atom is 0.174 e. The molecule has 0 aliphatic rings. The first kappa shape index (κ1) is 9.40. The highest BCUT2D eigenvalue weighted by molar-refractivity contribution is 9.10. The summed E-state index contributed by atoms with van der Waals surface area (Å²) in [6.07, 6.45) is 1.71. The quantitative estimate of drug-likeness (QED) is 0.832. The Kier molecular flexibility index (Phi) is 2.37. The van der Waals surface area contributed by atoms with Crippen molar-refractivity contribution in [2.24, 2.45) is 0 Å². The van der Waals surface area contributed by atoms with Gasteiger partial charge in [-0.1, -0.05) is 0 Å². The van der Waals surface area contributed by atoms with Crippen LogP contribution in [0.5, 0.6) is 0 Å². The third-order valence-corrected chi connectivity index (χ3v) is 2.42. The Morgan fingerprint density at radius 2 is 2.21 bits per heavy atom. The van der Waals surface area contributed by atoms with Crippen LogP contribution in [0.2, 0.25) is 0 Å². The molecule has 0 saturated carbocycles. The summed E-state index contributed by atoms with van der Waals surface area (Å²) >= 11 is 3.22. The van der Waals surface area contributed by atoms with Crippen LogP contribution in [0.4, 0.5) is 4.39 Å². The van der Waals surface area contributed by atoms with Gasteiger partial charge in [0.25, 0.3) is 0 Å². The standard InChI is InChI=1S/C10H8BrFN2/c1-6-4-7(2-3-8(6)12)9-5-13-10(11)14-9/h2-5H,1H3,(H,13,14). The van der Waals surface area contributed by atoms with Gasteiger partial charge in [0.15, 0.2) is 4.73 Å².